The van der Waals surface area contributed by atoms with Crippen molar-refractivity contribution in [2.24, 2.45) is 0 Å². The van der Waals surface area contributed by atoms with Crippen LogP contribution in [-0.2, 0) is 4.74 Å². The minimum atomic E-state index is -0.856. The highest BCUT2D eigenvalue weighted by Crippen LogP contribution is 2.38. The number of nitrogens with one attached hydrogen (secondary N) is 2. The molecule has 3 aromatic rings. The van der Waals surface area contributed by atoms with Crippen molar-refractivity contribution >= 4 is 22.7 Å². The second-order valence-corrected chi connectivity index (χ2v) is 9.22. The zero-order chi connectivity index (χ0) is 25.2. The van der Waals surface area contributed by atoms with E-state index in [-0.39, 0.29) is 34.8 Å². The van der Waals surface area contributed by atoms with E-state index in [4.69, 9.17) is 19.2 Å². The normalized spacial score (nSPS) is 20.5. The number of rotatable bonds is 7. The van der Waals surface area contributed by atoms with Gasteiger partial charge in [-0.1, -0.05) is 0 Å². The molecule has 0 amide bonds. The smallest absolute Gasteiger partial charge is 0.223 e. The van der Waals surface area contributed by atoms with Gasteiger partial charge in [-0.3, -0.25) is 0 Å². The Hall–Kier alpha value is -3.31. The highest BCUT2D eigenvalue weighted by atomic mass is 19.1. The first-order valence-electron chi connectivity index (χ1n) is 12.0. The molecule has 2 atom stereocenters. The third kappa shape index (κ3) is 4.85. The van der Waals surface area contributed by atoms with Crippen LogP contribution in [0.4, 0.5) is 20.5 Å². The minimum Gasteiger partial charge on any atom is -0.494 e. The lowest BCUT2D eigenvalue weighted by atomic mass is 10.1. The summed E-state index contributed by atoms with van der Waals surface area (Å²) >= 11 is 0. The summed E-state index contributed by atoms with van der Waals surface area (Å²) in [5.74, 6) is -1.09. The highest BCUT2D eigenvalue weighted by Gasteiger charge is 2.26. The zero-order valence-corrected chi connectivity index (χ0v) is 20.6. The van der Waals surface area contributed by atoms with Crippen molar-refractivity contribution in [1.82, 2.24) is 19.9 Å². The van der Waals surface area contributed by atoms with Gasteiger partial charge in [0.15, 0.2) is 29.0 Å². The fraction of sp³-hybridized carbons (Fsp3) is 0.480. The molecule has 2 aliphatic heterocycles. The summed E-state index contributed by atoms with van der Waals surface area (Å²) < 4.78 is 46.4. The van der Waals surface area contributed by atoms with Crippen molar-refractivity contribution in [3.8, 4) is 22.8 Å². The molecule has 0 saturated carbocycles. The Bertz CT molecular complexity index is 1230. The van der Waals surface area contributed by atoms with E-state index in [2.05, 4.69) is 25.5 Å². The van der Waals surface area contributed by atoms with Crippen LogP contribution < -0.4 is 20.1 Å². The van der Waals surface area contributed by atoms with E-state index in [1.807, 2.05) is 7.05 Å². The van der Waals surface area contributed by atoms with Crippen molar-refractivity contribution in [2.75, 3.05) is 58.2 Å². The lowest BCUT2D eigenvalue weighted by Gasteiger charge is -2.23. The van der Waals surface area contributed by atoms with Crippen LogP contribution in [0.2, 0.25) is 0 Å². The summed E-state index contributed by atoms with van der Waals surface area (Å²) in [5, 5.41) is 7.38. The number of halogens is 2. The summed E-state index contributed by atoms with van der Waals surface area (Å²) in [7, 11) is 4.68. The largest absolute Gasteiger partial charge is 0.494 e. The van der Waals surface area contributed by atoms with Gasteiger partial charge in [-0.25, -0.2) is 23.7 Å². The molecular weight excluding hydrogens is 470 g/mol. The first kappa shape index (κ1) is 24.4. The Morgan fingerprint density at radius 2 is 1.81 bits per heavy atom. The Labute approximate surface area is 208 Å². The molecule has 0 radical (unpaired) electrons. The second kappa shape index (κ2) is 10.4. The van der Waals surface area contributed by atoms with Gasteiger partial charge in [-0.15, -0.1) is 0 Å². The molecule has 0 bridgehead atoms. The molecule has 2 saturated heterocycles. The minimum absolute atomic E-state index is 0.0912. The molecule has 4 heterocycles. The molecule has 2 aromatic heterocycles. The Morgan fingerprint density at radius 3 is 2.44 bits per heavy atom. The van der Waals surface area contributed by atoms with Crippen LogP contribution >= 0.6 is 0 Å². The number of likely N-dealkylation sites (tertiary alicyclic amines) is 1. The third-order valence-electron chi connectivity index (χ3n) is 6.62. The molecule has 2 aliphatic rings. The fourth-order valence-electron chi connectivity index (χ4n) is 4.73. The number of ether oxygens (including phenoxy) is 3. The molecule has 2 fully saturated rings. The Balaban J connectivity index is 1.61. The van der Waals surface area contributed by atoms with Gasteiger partial charge >= 0.3 is 0 Å². The molecule has 36 heavy (non-hydrogen) atoms. The number of aromatic nitrogens is 3. The van der Waals surface area contributed by atoms with Crippen molar-refractivity contribution in [3.63, 3.8) is 0 Å². The molecule has 0 spiro atoms. The topological polar surface area (TPSA) is 93.7 Å². The number of pyridine rings is 1. The number of benzene rings is 1. The summed E-state index contributed by atoms with van der Waals surface area (Å²) in [4.78, 5) is 16.0. The zero-order valence-electron chi connectivity index (χ0n) is 20.6. The van der Waals surface area contributed by atoms with Crippen LogP contribution in [0.3, 0.4) is 0 Å². The monoisotopic (exact) mass is 500 g/mol. The molecule has 0 aliphatic carbocycles. The molecule has 2 N–H and O–H groups in total. The van der Waals surface area contributed by atoms with E-state index >= 15 is 8.78 Å². The SMILES string of the molecule is COc1cc(OC)c(F)c(-c2cc3cnc(NC4CCCOC4)nc3c(NC3CCN(C)C3)n2)c1F. The van der Waals surface area contributed by atoms with Crippen LogP contribution in [0.25, 0.3) is 22.2 Å². The fourth-order valence-corrected chi connectivity index (χ4v) is 4.73. The van der Waals surface area contributed by atoms with E-state index in [9.17, 15) is 0 Å². The molecule has 2 unspecified atom stereocenters. The number of likely N-dealkylation sites (N-methyl/N-ethyl adjacent to an activating group) is 1. The highest BCUT2D eigenvalue weighted by molar-refractivity contribution is 5.92. The number of fused-ring (bicyclic) bond motifs is 1. The Kier molecular flexibility index (Phi) is 7.01. The van der Waals surface area contributed by atoms with E-state index in [0.29, 0.717) is 29.3 Å². The number of nitrogens with zero attached hydrogens (tertiary/aromatic N) is 4. The van der Waals surface area contributed by atoms with Crippen LogP contribution in [0, 0.1) is 11.6 Å². The van der Waals surface area contributed by atoms with Gasteiger partial charge in [-0.2, -0.15) is 0 Å². The quantitative estimate of drug-likeness (QED) is 0.504. The van der Waals surface area contributed by atoms with E-state index in [1.165, 1.54) is 20.3 Å². The number of hydrogen-bond donors (Lipinski definition) is 2. The van der Waals surface area contributed by atoms with Crippen LogP contribution in [0.5, 0.6) is 11.5 Å². The standard InChI is InChI=1S/C25H30F2N6O3/c1-33-7-6-15(12-33)29-24-23-14(11-28-25(32-23)30-16-5-4-8-36-13-16)9-17(31-24)20-21(26)18(34-2)10-19(35-3)22(20)27/h9-11,15-16H,4-8,12-13H2,1-3H3,(H,29,31)(H,28,30,32). The van der Waals surface area contributed by atoms with Crippen molar-refractivity contribution < 1.29 is 23.0 Å². The van der Waals surface area contributed by atoms with Crippen LogP contribution in [0.15, 0.2) is 18.3 Å². The summed E-state index contributed by atoms with van der Waals surface area (Å²) in [5.41, 5.74) is 0.327. The van der Waals surface area contributed by atoms with Crippen LogP contribution in [0.1, 0.15) is 19.3 Å². The molecule has 11 heteroatoms. The first-order chi connectivity index (χ1) is 17.5. The molecule has 192 valence electrons. The van der Waals surface area contributed by atoms with Gasteiger partial charge in [0.05, 0.1) is 38.1 Å². The van der Waals surface area contributed by atoms with Gasteiger partial charge in [0, 0.05) is 36.8 Å². The van der Waals surface area contributed by atoms with Gasteiger partial charge in [0.25, 0.3) is 0 Å². The number of hydrogen-bond acceptors (Lipinski definition) is 9. The number of anilines is 2. The van der Waals surface area contributed by atoms with Gasteiger partial charge in [-0.05, 0) is 38.9 Å². The second-order valence-electron chi connectivity index (χ2n) is 9.22. The van der Waals surface area contributed by atoms with Crippen molar-refractivity contribution in [1.29, 1.82) is 0 Å². The number of methoxy groups -OCH3 is 2. The lowest BCUT2D eigenvalue weighted by Crippen LogP contribution is -2.30. The van der Waals surface area contributed by atoms with E-state index < -0.39 is 11.6 Å². The molecule has 1 aromatic carbocycles. The maximum atomic E-state index is 15.3. The van der Waals surface area contributed by atoms with Gasteiger partial charge in [0.2, 0.25) is 5.95 Å². The maximum absolute atomic E-state index is 15.3. The average Bonchev–Trinajstić information content (AvgIpc) is 3.29. The predicted molar refractivity (Wildman–Crippen MR) is 133 cm³/mol. The third-order valence-corrected chi connectivity index (χ3v) is 6.62. The van der Waals surface area contributed by atoms with Gasteiger partial charge in [0.1, 0.15) is 5.52 Å². The Morgan fingerprint density at radius 1 is 1.03 bits per heavy atom. The van der Waals surface area contributed by atoms with E-state index in [1.54, 1.807) is 12.3 Å². The molecular formula is C25H30F2N6O3. The van der Waals surface area contributed by atoms with Crippen LogP contribution in [-0.4, -0.2) is 79.5 Å². The maximum Gasteiger partial charge on any atom is 0.223 e. The van der Waals surface area contributed by atoms with Gasteiger partial charge < -0.3 is 29.7 Å². The predicted octanol–water partition coefficient (Wildman–Crippen LogP) is 3.69. The molecule has 9 nitrogen and oxygen atoms in total. The van der Waals surface area contributed by atoms with Crippen molar-refractivity contribution in [3.05, 3.63) is 30.0 Å². The van der Waals surface area contributed by atoms with Crippen molar-refractivity contribution in [2.45, 2.75) is 31.3 Å². The summed E-state index contributed by atoms with van der Waals surface area (Å²) in [6.07, 6.45) is 4.49. The van der Waals surface area contributed by atoms with E-state index in [0.717, 1.165) is 39.0 Å². The lowest BCUT2D eigenvalue weighted by molar-refractivity contribution is 0.0874. The average molecular weight is 501 g/mol. The first-order valence-corrected chi connectivity index (χ1v) is 12.0. The summed E-state index contributed by atoms with van der Waals surface area (Å²) in [6.45, 7) is 3.11. The molecule has 5 rings (SSSR count). The summed E-state index contributed by atoms with van der Waals surface area (Å²) in [6, 6.07) is 3.00.